The van der Waals surface area contributed by atoms with Crippen molar-refractivity contribution in [2.45, 2.75) is 186 Å². The van der Waals surface area contributed by atoms with Gasteiger partial charge in [0.25, 0.3) is 0 Å². The average molecular weight is 811 g/mol. The van der Waals surface area contributed by atoms with E-state index in [0.29, 0.717) is 12.1 Å². The first-order valence-electron chi connectivity index (χ1n) is 19.8. The summed E-state index contributed by atoms with van der Waals surface area (Å²) < 4.78 is 0. The number of hydrogen-bond donors (Lipinski definition) is 0. The maximum absolute atomic E-state index is 4.85. The minimum absolute atomic E-state index is 0.0201. The molecule has 0 aromatic heterocycles. The van der Waals surface area contributed by atoms with E-state index in [0.717, 1.165) is 17.0 Å². The topological polar surface area (TPSA) is 6.48 Å². The Bertz CT molecular complexity index is 1320. The van der Waals surface area contributed by atoms with Crippen LogP contribution in [0.25, 0.3) is 0 Å². The van der Waals surface area contributed by atoms with Crippen molar-refractivity contribution in [1.82, 2.24) is 0 Å². The summed E-state index contributed by atoms with van der Waals surface area (Å²) in [5.74, 6) is 1.67. The molecule has 0 N–H and O–H groups in total. The first-order chi connectivity index (χ1) is 23.7. The van der Waals surface area contributed by atoms with Crippen molar-refractivity contribution >= 4 is 38.7 Å². The average Bonchev–Trinajstić information content (AvgIpc) is 3.40. The van der Waals surface area contributed by atoms with E-state index in [-0.39, 0.29) is 23.1 Å². The Morgan fingerprint density at radius 2 is 0.898 bits per heavy atom. The molecule has 7 rings (SSSR count). The SMILES string of the molecule is Cc1cc(C)c(N2C(=C3CCCCC3P(C3CCCCC3)C3CCCCC3)N(c3c(C)cc(C)cc3C)C3CCCCC32)c(C)c1.[Cl][Ru][Cl]. The summed E-state index contributed by atoms with van der Waals surface area (Å²) in [6.07, 6.45) is 25.9. The van der Waals surface area contributed by atoms with Crippen LogP contribution >= 0.6 is 27.3 Å². The van der Waals surface area contributed by atoms with Crippen LogP contribution in [0, 0.1) is 41.5 Å². The first-order valence-corrected chi connectivity index (χ1v) is 25.9. The molecular weight excluding hydrogens is 747 g/mol. The van der Waals surface area contributed by atoms with Crippen molar-refractivity contribution in [3.63, 3.8) is 0 Å². The molecule has 49 heavy (non-hydrogen) atoms. The fraction of sp³-hybridized carbons (Fsp3) is 0.674. The van der Waals surface area contributed by atoms with Crippen LogP contribution in [0.2, 0.25) is 0 Å². The molecule has 5 aliphatic rings. The van der Waals surface area contributed by atoms with Gasteiger partial charge in [0, 0.05) is 17.0 Å². The van der Waals surface area contributed by atoms with Crippen molar-refractivity contribution in [3.05, 3.63) is 69.0 Å². The van der Waals surface area contributed by atoms with Crippen molar-refractivity contribution in [1.29, 1.82) is 0 Å². The van der Waals surface area contributed by atoms with E-state index in [1.54, 1.807) is 17.2 Å². The Morgan fingerprint density at radius 3 is 1.31 bits per heavy atom. The third-order valence-corrected chi connectivity index (χ3v) is 16.8. The zero-order chi connectivity index (χ0) is 34.7. The molecule has 3 atom stereocenters. The van der Waals surface area contributed by atoms with Crippen LogP contribution in [0.15, 0.2) is 35.7 Å². The third-order valence-electron chi connectivity index (χ3n) is 12.8. The number of allylic oxidation sites excluding steroid dienone is 1. The summed E-state index contributed by atoms with van der Waals surface area (Å²) in [5, 5.41) is 0. The summed E-state index contributed by atoms with van der Waals surface area (Å²) in [6, 6.07) is 11.0. The normalized spacial score (nSPS) is 25.5. The van der Waals surface area contributed by atoms with Crippen LogP contribution in [0.4, 0.5) is 11.4 Å². The predicted molar refractivity (Wildman–Crippen MR) is 214 cm³/mol. The number of anilines is 2. The molecule has 0 spiro atoms. The number of aryl methyl sites for hydroxylation is 6. The third kappa shape index (κ3) is 8.17. The van der Waals surface area contributed by atoms with Gasteiger partial charge in [0.15, 0.2) is 0 Å². The fourth-order valence-electron chi connectivity index (χ4n) is 11.2. The Morgan fingerprint density at radius 1 is 0.531 bits per heavy atom. The molecule has 3 unspecified atom stereocenters. The van der Waals surface area contributed by atoms with Crippen LogP contribution < -0.4 is 9.80 Å². The van der Waals surface area contributed by atoms with Crippen LogP contribution in [-0.2, 0) is 15.1 Å². The van der Waals surface area contributed by atoms with Gasteiger partial charge in [-0.15, -0.1) is 0 Å². The number of benzene rings is 2. The van der Waals surface area contributed by atoms with Gasteiger partial charge >= 0.3 is 34.5 Å². The van der Waals surface area contributed by atoms with E-state index in [1.165, 1.54) is 149 Å². The molecule has 0 amide bonds. The number of rotatable bonds is 5. The summed E-state index contributed by atoms with van der Waals surface area (Å²) in [7, 11) is 9.69. The zero-order valence-electron chi connectivity index (χ0n) is 31.4. The van der Waals surface area contributed by atoms with Gasteiger partial charge in [-0.1, -0.05) is 101 Å². The van der Waals surface area contributed by atoms with Gasteiger partial charge in [-0.05, 0) is 138 Å². The van der Waals surface area contributed by atoms with Gasteiger partial charge in [-0.25, -0.2) is 0 Å². The van der Waals surface area contributed by atoms with Gasteiger partial charge < -0.3 is 9.80 Å². The predicted octanol–water partition coefficient (Wildman–Crippen LogP) is 13.9. The molecule has 2 aromatic rings. The molecule has 2 aromatic carbocycles. The Balaban J connectivity index is 0.00000134. The summed E-state index contributed by atoms with van der Waals surface area (Å²) in [5.41, 5.74) is 16.5. The van der Waals surface area contributed by atoms with Crippen LogP contribution in [-0.4, -0.2) is 29.1 Å². The molecule has 4 aliphatic carbocycles. The van der Waals surface area contributed by atoms with Crippen LogP contribution in [0.5, 0.6) is 0 Å². The fourth-order valence-corrected chi connectivity index (χ4v) is 15.9. The second-order valence-corrected chi connectivity index (χ2v) is 22.0. The second kappa shape index (κ2) is 17.5. The molecule has 5 fully saturated rings. The van der Waals surface area contributed by atoms with Gasteiger partial charge in [-0.2, -0.15) is 0 Å². The summed E-state index contributed by atoms with van der Waals surface area (Å²) in [4.78, 5) is 6.02. The minimum atomic E-state index is -0.346. The number of nitrogens with zero attached hydrogens (tertiary/aromatic N) is 2. The Hall–Kier alpha value is -0.587. The standard InChI is InChI=1S/C43H63N2P.2ClH.Ru/c1-29-25-31(3)41(32(4)26-29)44-38-22-14-15-23-39(38)45(42-33(5)27-30(2)28-34(42)6)43(44)37-21-13-16-24-40(37)46(35-17-9-7-10-18-35)36-19-11-8-12-20-36;;;/h25-28,35-36,38-40H,7-24H2,1-6H3;2*1H;/q;;;+2/p-2. The molecular formula is C43H63Cl2N2PRu. The number of halogens is 2. The quantitative estimate of drug-likeness (QED) is 0.219. The molecule has 1 saturated heterocycles. The van der Waals surface area contributed by atoms with Gasteiger partial charge in [0.2, 0.25) is 0 Å². The van der Waals surface area contributed by atoms with Crippen LogP contribution in [0.3, 0.4) is 0 Å². The molecule has 6 heteroatoms. The monoisotopic (exact) mass is 810 g/mol. The van der Waals surface area contributed by atoms with Gasteiger partial charge in [0.05, 0.1) is 12.1 Å². The van der Waals surface area contributed by atoms with Crippen molar-refractivity contribution in [3.8, 4) is 0 Å². The zero-order valence-corrected chi connectivity index (χ0v) is 35.5. The Kier molecular flexibility index (Phi) is 13.6. The summed E-state index contributed by atoms with van der Waals surface area (Å²) >= 11 is -0.346. The van der Waals surface area contributed by atoms with Crippen molar-refractivity contribution < 1.29 is 15.1 Å². The number of fused-ring (bicyclic) bond motifs is 1. The van der Waals surface area contributed by atoms with Crippen molar-refractivity contribution in [2.75, 3.05) is 9.80 Å². The molecule has 2 nitrogen and oxygen atoms in total. The van der Waals surface area contributed by atoms with Gasteiger partial charge in [0.1, 0.15) is 5.82 Å². The molecule has 272 valence electrons. The molecule has 1 aliphatic heterocycles. The van der Waals surface area contributed by atoms with E-state index in [1.807, 2.05) is 5.57 Å². The molecule has 4 saturated carbocycles. The number of hydrogen-bond acceptors (Lipinski definition) is 2. The Labute approximate surface area is 317 Å². The van der Waals surface area contributed by atoms with E-state index in [9.17, 15) is 0 Å². The summed E-state index contributed by atoms with van der Waals surface area (Å²) in [6.45, 7) is 14.2. The molecule has 0 bridgehead atoms. The van der Waals surface area contributed by atoms with E-state index in [2.05, 4.69) is 75.6 Å². The van der Waals surface area contributed by atoms with E-state index in [4.69, 9.17) is 19.4 Å². The van der Waals surface area contributed by atoms with Gasteiger partial charge in [-0.3, -0.25) is 0 Å². The van der Waals surface area contributed by atoms with Crippen molar-refractivity contribution in [2.24, 2.45) is 0 Å². The second-order valence-electron chi connectivity index (χ2n) is 16.3. The maximum atomic E-state index is 4.85. The molecule has 1 heterocycles. The molecule has 0 radical (unpaired) electrons. The van der Waals surface area contributed by atoms with E-state index < -0.39 is 0 Å². The van der Waals surface area contributed by atoms with Crippen LogP contribution in [0.1, 0.15) is 149 Å². The van der Waals surface area contributed by atoms with E-state index >= 15 is 0 Å². The first kappa shape index (κ1) is 38.1.